The minimum absolute atomic E-state index is 0.0721. The summed E-state index contributed by atoms with van der Waals surface area (Å²) in [6.07, 6.45) is 2.11. The van der Waals surface area contributed by atoms with Gasteiger partial charge in [0.2, 0.25) is 6.20 Å². The fourth-order valence-electron chi connectivity index (χ4n) is 1.68. The van der Waals surface area contributed by atoms with E-state index in [0.717, 1.165) is 11.8 Å². The van der Waals surface area contributed by atoms with E-state index in [2.05, 4.69) is 15.9 Å². The Hall–Kier alpha value is -2.34. The van der Waals surface area contributed by atoms with Crippen molar-refractivity contribution >= 4 is 22.0 Å². The molecule has 0 fully saturated rings. The third kappa shape index (κ3) is 4.32. The molecule has 0 aliphatic heterocycles. The molecule has 1 N–H and O–H groups in total. The highest BCUT2D eigenvalue weighted by molar-refractivity contribution is 9.10. The maximum atomic E-state index is 10.3. The number of halogens is 1. The number of benzene rings is 2. The number of nitro groups is 1. The summed E-state index contributed by atoms with van der Waals surface area (Å²) in [7, 11) is 0. The van der Waals surface area contributed by atoms with Gasteiger partial charge in [0.05, 0.1) is 4.92 Å². The Labute approximate surface area is 129 Å². The van der Waals surface area contributed by atoms with Crippen molar-refractivity contribution < 1.29 is 14.8 Å². The van der Waals surface area contributed by atoms with E-state index in [1.807, 2.05) is 30.3 Å². The molecule has 0 radical (unpaired) electrons. The number of phenols is 1. The molecule has 6 heteroatoms. The molecule has 0 saturated carbocycles. The second kappa shape index (κ2) is 6.90. The summed E-state index contributed by atoms with van der Waals surface area (Å²) in [5, 5.41) is 20.2. The van der Waals surface area contributed by atoms with E-state index in [9.17, 15) is 15.2 Å². The number of rotatable bonds is 5. The molecule has 0 atom stereocenters. The predicted octanol–water partition coefficient (Wildman–Crippen LogP) is 3.98. The van der Waals surface area contributed by atoms with Gasteiger partial charge in [-0.15, -0.1) is 0 Å². The summed E-state index contributed by atoms with van der Waals surface area (Å²) in [6, 6.07) is 12.5. The lowest BCUT2D eigenvalue weighted by atomic mass is 10.2. The average Bonchev–Trinajstić information content (AvgIpc) is 2.47. The zero-order valence-corrected chi connectivity index (χ0v) is 12.5. The summed E-state index contributed by atoms with van der Waals surface area (Å²) in [5.41, 5.74) is 1.47. The van der Waals surface area contributed by atoms with Crippen molar-refractivity contribution in [2.24, 2.45) is 0 Å². The first-order valence-electron chi connectivity index (χ1n) is 6.07. The molecule has 0 heterocycles. The maximum Gasteiger partial charge on any atom is 0.235 e. The van der Waals surface area contributed by atoms with Crippen LogP contribution < -0.4 is 4.74 Å². The van der Waals surface area contributed by atoms with Gasteiger partial charge in [-0.3, -0.25) is 10.1 Å². The highest BCUT2D eigenvalue weighted by Gasteiger charge is 2.08. The molecular formula is C15H12BrNO4. The normalized spacial score (nSPS) is 10.7. The zero-order chi connectivity index (χ0) is 15.2. The van der Waals surface area contributed by atoms with E-state index in [1.165, 1.54) is 12.1 Å². The summed E-state index contributed by atoms with van der Waals surface area (Å²) in [6.45, 7) is 0.324. The molecule has 21 heavy (non-hydrogen) atoms. The first kappa shape index (κ1) is 15.1. The van der Waals surface area contributed by atoms with Gasteiger partial charge in [-0.1, -0.05) is 46.3 Å². The van der Waals surface area contributed by atoms with Gasteiger partial charge in [-0.05, 0) is 23.3 Å². The second-order valence-electron chi connectivity index (χ2n) is 4.22. The molecule has 0 aliphatic carbocycles. The van der Waals surface area contributed by atoms with Crippen LogP contribution in [0, 0.1) is 10.1 Å². The summed E-state index contributed by atoms with van der Waals surface area (Å²) in [5.74, 6) is 0.237. The molecule has 5 nitrogen and oxygen atoms in total. The van der Waals surface area contributed by atoms with Crippen molar-refractivity contribution in [3.05, 3.63) is 74.4 Å². The summed E-state index contributed by atoms with van der Waals surface area (Å²) < 4.78 is 6.14. The smallest absolute Gasteiger partial charge is 0.235 e. The van der Waals surface area contributed by atoms with Gasteiger partial charge in [0.1, 0.15) is 6.61 Å². The van der Waals surface area contributed by atoms with Gasteiger partial charge < -0.3 is 9.84 Å². The van der Waals surface area contributed by atoms with Crippen LogP contribution in [0.25, 0.3) is 6.08 Å². The molecule has 0 saturated heterocycles. The van der Waals surface area contributed by atoms with Crippen LogP contribution in [-0.4, -0.2) is 10.0 Å². The van der Waals surface area contributed by atoms with Crippen LogP contribution in [0.15, 0.2) is 53.1 Å². The number of phenolic OH excluding ortho intramolecular Hbond substituents is 1. The molecule has 0 aromatic heterocycles. The van der Waals surface area contributed by atoms with Crippen LogP contribution >= 0.6 is 15.9 Å². The minimum atomic E-state index is -0.566. The van der Waals surface area contributed by atoms with E-state index < -0.39 is 4.92 Å². The predicted molar refractivity (Wildman–Crippen MR) is 82.6 cm³/mol. The van der Waals surface area contributed by atoms with Gasteiger partial charge >= 0.3 is 0 Å². The fourth-order valence-corrected chi connectivity index (χ4v) is 2.13. The van der Waals surface area contributed by atoms with Gasteiger partial charge in [0, 0.05) is 10.5 Å². The van der Waals surface area contributed by atoms with Crippen LogP contribution in [0.3, 0.4) is 0 Å². The number of aromatic hydroxyl groups is 1. The first-order chi connectivity index (χ1) is 10.1. The van der Waals surface area contributed by atoms with Crippen LogP contribution in [0.1, 0.15) is 11.1 Å². The molecular weight excluding hydrogens is 338 g/mol. The second-order valence-corrected chi connectivity index (χ2v) is 5.07. The summed E-state index contributed by atoms with van der Waals surface area (Å²) >= 11 is 3.29. The zero-order valence-electron chi connectivity index (χ0n) is 10.9. The molecule has 2 aromatic carbocycles. The fraction of sp³-hybridized carbons (Fsp3) is 0.0667. The number of hydrogen-bond acceptors (Lipinski definition) is 4. The Morgan fingerprint density at radius 1 is 1.29 bits per heavy atom. The quantitative estimate of drug-likeness (QED) is 0.654. The average molecular weight is 350 g/mol. The molecule has 2 aromatic rings. The molecule has 0 bridgehead atoms. The van der Waals surface area contributed by atoms with Gasteiger partial charge in [-0.2, -0.15) is 0 Å². The lowest BCUT2D eigenvalue weighted by Crippen LogP contribution is -1.96. The van der Waals surface area contributed by atoms with Crippen molar-refractivity contribution in [3.8, 4) is 11.5 Å². The van der Waals surface area contributed by atoms with E-state index in [1.54, 1.807) is 6.07 Å². The van der Waals surface area contributed by atoms with Crippen molar-refractivity contribution in [1.29, 1.82) is 0 Å². The molecule has 0 spiro atoms. The third-order valence-corrected chi connectivity index (χ3v) is 3.38. The van der Waals surface area contributed by atoms with Crippen molar-refractivity contribution in [1.82, 2.24) is 0 Å². The Bertz CT molecular complexity index is 671. The topological polar surface area (TPSA) is 72.6 Å². The van der Waals surface area contributed by atoms with E-state index in [4.69, 9.17) is 4.74 Å². The van der Waals surface area contributed by atoms with E-state index >= 15 is 0 Å². The molecule has 108 valence electrons. The van der Waals surface area contributed by atoms with Crippen LogP contribution in [0.4, 0.5) is 0 Å². The monoisotopic (exact) mass is 349 g/mol. The molecule has 0 aliphatic rings. The van der Waals surface area contributed by atoms with Crippen molar-refractivity contribution in [3.63, 3.8) is 0 Å². The van der Waals surface area contributed by atoms with E-state index in [-0.39, 0.29) is 5.75 Å². The lowest BCUT2D eigenvalue weighted by molar-refractivity contribution is -0.400. The Morgan fingerprint density at radius 3 is 2.67 bits per heavy atom. The van der Waals surface area contributed by atoms with Crippen LogP contribution in [0.2, 0.25) is 0 Å². The van der Waals surface area contributed by atoms with Gasteiger partial charge in [0.15, 0.2) is 11.5 Å². The minimum Gasteiger partial charge on any atom is -0.504 e. The third-order valence-electron chi connectivity index (χ3n) is 2.69. The Balaban J connectivity index is 2.14. The van der Waals surface area contributed by atoms with Gasteiger partial charge in [0.25, 0.3) is 0 Å². The highest BCUT2D eigenvalue weighted by Crippen LogP contribution is 2.33. The van der Waals surface area contributed by atoms with Crippen molar-refractivity contribution in [2.45, 2.75) is 6.61 Å². The number of nitrogens with zero attached hydrogens (tertiary/aromatic N) is 1. The molecule has 0 unspecified atom stereocenters. The standard InChI is InChI=1S/C15H12BrNO4/c16-13-9-15(21-10-11-4-2-1-3-5-11)14(18)8-12(13)6-7-17(19)20/h1-9,18H,10H2. The maximum absolute atomic E-state index is 10.3. The Morgan fingerprint density at radius 2 is 2.00 bits per heavy atom. The number of hydrogen-bond donors (Lipinski definition) is 1. The highest BCUT2D eigenvalue weighted by atomic mass is 79.9. The first-order valence-corrected chi connectivity index (χ1v) is 6.86. The van der Waals surface area contributed by atoms with Crippen LogP contribution in [0.5, 0.6) is 11.5 Å². The van der Waals surface area contributed by atoms with E-state index in [0.29, 0.717) is 22.4 Å². The van der Waals surface area contributed by atoms with Gasteiger partial charge in [-0.25, -0.2) is 0 Å². The lowest BCUT2D eigenvalue weighted by Gasteiger charge is -2.10. The largest absolute Gasteiger partial charge is 0.504 e. The Kier molecular flexibility index (Phi) is 4.94. The SMILES string of the molecule is O=[N+]([O-])C=Cc1cc(O)c(OCc2ccccc2)cc1Br. The molecule has 2 rings (SSSR count). The number of ether oxygens (including phenoxy) is 1. The van der Waals surface area contributed by atoms with Crippen LogP contribution in [-0.2, 0) is 6.61 Å². The summed E-state index contributed by atoms with van der Waals surface area (Å²) in [4.78, 5) is 9.75. The molecule has 0 amide bonds. The van der Waals surface area contributed by atoms with Crippen molar-refractivity contribution in [2.75, 3.05) is 0 Å².